The molecule has 0 radical (unpaired) electrons. The van der Waals surface area contributed by atoms with Gasteiger partial charge in [0.2, 0.25) is 0 Å². The highest BCUT2D eigenvalue weighted by Gasteiger charge is 2.38. The van der Waals surface area contributed by atoms with Crippen LogP contribution in [0.1, 0.15) is 19.7 Å². The van der Waals surface area contributed by atoms with Crippen molar-refractivity contribution in [2.75, 3.05) is 11.5 Å². The van der Waals surface area contributed by atoms with Crippen LogP contribution in [0.15, 0.2) is 11.4 Å². The fraction of sp³-hybridized carbons (Fsp3) is 0.462. The molecule has 19 heavy (non-hydrogen) atoms. The fourth-order valence-corrected chi connectivity index (χ4v) is 3.11. The SMILES string of the molecule is Cc1nc(N2C(=O)OCC2C(C)C)c2sccc2n1. The minimum atomic E-state index is -0.313. The average Bonchev–Trinajstić information content (AvgIpc) is 2.94. The molecular formula is C13H15N3O2S. The summed E-state index contributed by atoms with van der Waals surface area (Å²) < 4.78 is 6.13. The molecule has 2 aromatic heterocycles. The molecule has 1 unspecified atom stereocenters. The minimum Gasteiger partial charge on any atom is -0.447 e. The first kappa shape index (κ1) is 12.3. The van der Waals surface area contributed by atoms with Gasteiger partial charge in [-0.15, -0.1) is 11.3 Å². The number of fused-ring (bicyclic) bond motifs is 1. The lowest BCUT2D eigenvalue weighted by atomic mass is 10.0. The number of anilines is 1. The zero-order valence-corrected chi connectivity index (χ0v) is 11.9. The highest BCUT2D eigenvalue weighted by Crippen LogP contribution is 2.33. The van der Waals surface area contributed by atoms with Gasteiger partial charge >= 0.3 is 6.09 Å². The van der Waals surface area contributed by atoms with Crippen LogP contribution in [0, 0.1) is 12.8 Å². The van der Waals surface area contributed by atoms with Crippen molar-refractivity contribution in [3.8, 4) is 0 Å². The molecule has 1 saturated heterocycles. The third-order valence-corrected chi connectivity index (χ3v) is 4.20. The molecule has 1 aliphatic rings. The molecule has 5 nitrogen and oxygen atoms in total. The van der Waals surface area contributed by atoms with Crippen molar-refractivity contribution in [3.63, 3.8) is 0 Å². The Morgan fingerprint density at radius 3 is 3.00 bits per heavy atom. The first-order valence-electron chi connectivity index (χ1n) is 6.25. The summed E-state index contributed by atoms with van der Waals surface area (Å²) in [6.07, 6.45) is -0.313. The number of hydrogen-bond donors (Lipinski definition) is 0. The number of nitrogens with zero attached hydrogens (tertiary/aromatic N) is 3. The van der Waals surface area contributed by atoms with Gasteiger partial charge in [0.1, 0.15) is 12.4 Å². The predicted molar refractivity (Wildman–Crippen MR) is 74.6 cm³/mol. The van der Waals surface area contributed by atoms with Crippen LogP contribution in [0.2, 0.25) is 0 Å². The number of aryl methyl sites for hydroxylation is 1. The van der Waals surface area contributed by atoms with Gasteiger partial charge in [-0.3, -0.25) is 4.90 Å². The van der Waals surface area contributed by atoms with Crippen molar-refractivity contribution in [2.24, 2.45) is 5.92 Å². The number of aromatic nitrogens is 2. The van der Waals surface area contributed by atoms with Gasteiger partial charge in [-0.05, 0) is 24.3 Å². The molecule has 3 rings (SSSR count). The van der Waals surface area contributed by atoms with Gasteiger partial charge in [-0.25, -0.2) is 14.8 Å². The van der Waals surface area contributed by atoms with Crippen LogP contribution in [0.5, 0.6) is 0 Å². The molecule has 0 bridgehead atoms. The lowest BCUT2D eigenvalue weighted by Crippen LogP contribution is -2.38. The number of ether oxygens (including phenoxy) is 1. The van der Waals surface area contributed by atoms with E-state index in [0.29, 0.717) is 24.2 Å². The van der Waals surface area contributed by atoms with Crippen molar-refractivity contribution in [1.82, 2.24) is 9.97 Å². The molecule has 0 saturated carbocycles. The molecule has 1 aliphatic heterocycles. The van der Waals surface area contributed by atoms with Crippen molar-refractivity contribution in [2.45, 2.75) is 26.8 Å². The summed E-state index contributed by atoms with van der Waals surface area (Å²) >= 11 is 1.55. The molecule has 3 heterocycles. The van der Waals surface area contributed by atoms with Gasteiger partial charge in [0, 0.05) is 0 Å². The quantitative estimate of drug-likeness (QED) is 0.846. The number of hydrogen-bond acceptors (Lipinski definition) is 5. The zero-order chi connectivity index (χ0) is 13.6. The highest BCUT2D eigenvalue weighted by atomic mass is 32.1. The van der Waals surface area contributed by atoms with E-state index < -0.39 is 0 Å². The molecule has 100 valence electrons. The van der Waals surface area contributed by atoms with Gasteiger partial charge < -0.3 is 4.74 Å². The average molecular weight is 277 g/mol. The normalized spacial score (nSPS) is 19.5. The predicted octanol–water partition coefficient (Wildman–Crippen LogP) is 2.98. The molecule has 0 spiro atoms. The molecule has 0 aliphatic carbocycles. The second-order valence-corrected chi connectivity index (χ2v) is 5.90. The summed E-state index contributed by atoms with van der Waals surface area (Å²) in [7, 11) is 0. The van der Waals surface area contributed by atoms with E-state index in [9.17, 15) is 4.79 Å². The molecule has 1 atom stereocenters. The Balaban J connectivity index is 2.17. The monoisotopic (exact) mass is 277 g/mol. The molecule has 0 N–H and O–H groups in total. The maximum Gasteiger partial charge on any atom is 0.415 e. The summed E-state index contributed by atoms with van der Waals surface area (Å²) in [6, 6.07) is 1.98. The van der Waals surface area contributed by atoms with E-state index in [1.165, 1.54) is 0 Å². The van der Waals surface area contributed by atoms with E-state index in [1.54, 1.807) is 16.2 Å². The second kappa shape index (κ2) is 4.45. The van der Waals surface area contributed by atoms with Crippen LogP contribution in [0.3, 0.4) is 0 Å². The summed E-state index contributed by atoms with van der Waals surface area (Å²) in [5, 5.41) is 1.97. The lowest BCUT2D eigenvalue weighted by molar-refractivity contribution is 0.177. The zero-order valence-electron chi connectivity index (χ0n) is 11.1. The number of carbonyl (C=O) groups excluding carboxylic acids is 1. The standard InChI is InChI=1S/C13H15N3O2S/c1-7(2)10-6-18-13(17)16(10)12-11-9(4-5-19-11)14-8(3)15-12/h4-5,7,10H,6H2,1-3H3. The Morgan fingerprint density at radius 2 is 2.26 bits per heavy atom. The van der Waals surface area contributed by atoms with E-state index in [-0.39, 0.29) is 12.1 Å². The van der Waals surface area contributed by atoms with Gasteiger partial charge in [-0.2, -0.15) is 0 Å². The van der Waals surface area contributed by atoms with Gasteiger partial charge in [0.05, 0.1) is 16.3 Å². The minimum absolute atomic E-state index is 0.0344. The van der Waals surface area contributed by atoms with E-state index in [0.717, 1.165) is 10.2 Å². The Hall–Kier alpha value is -1.69. The van der Waals surface area contributed by atoms with Crippen LogP contribution < -0.4 is 4.90 Å². The first-order valence-corrected chi connectivity index (χ1v) is 7.13. The van der Waals surface area contributed by atoms with Crippen molar-refractivity contribution < 1.29 is 9.53 Å². The van der Waals surface area contributed by atoms with Crippen LogP contribution in [0.4, 0.5) is 10.6 Å². The lowest BCUT2D eigenvalue weighted by Gasteiger charge is -2.23. The maximum absolute atomic E-state index is 12.0. The molecule has 6 heteroatoms. The van der Waals surface area contributed by atoms with E-state index >= 15 is 0 Å². The molecule has 2 aromatic rings. The maximum atomic E-state index is 12.0. The Kier molecular flexibility index (Phi) is 2.89. The van der Waals surface area contributed by atoms with Crippen LogP contribution in [0.25, 0.3) is 10.2 Å². The Bertz CT molecular complexity index is 638. The molecule has 0 aromatic carbocycles. The number of cyclic esters (lactones) is 1. The third kappa shape index (κ3) is 1.96. The number of rotatable bonds is 2. The van der Waals surface area contributed by atoms with Crippen LogP contribution in [-0.2, 0) is 4.74 Å². The van der Waals surface area contributed by atoms with Gasteiger partial charge in [0.25, 0.3) is 0 Å². The van der Waals surface area contributed by atoms with Crippen molar-refractivity contribution in [1.29, 1.82) is 0 Å². The number of carbonyl (C=O) groups is 1. The van der Waals surface area contributed by atoms with Crippen molar-refractivity contribution in [3.05, 3.63) is 17.3 Å². The second-order valence-electron chi connectivity index (χ2n) is 4.99. The van der Waals surface area contributed by atoms with Crippen LogP contribution >= 0.6 is 11.3 Å². The van der Waals surface area contributed by atoms with Crippen LogP contribution in [-0.4, -0.2) is 28.7 Å². The van der Waals surface area contributed by atoms with E-state index in [4.69, 9.17) is 4.74 Å². The topological polar surface area (TPSA) is 55.3 Å². The largest absolute Gasteiger partial charge is 0.447 e. The Labute approximate surface area is 115 Å². The Morgan fingerprint density at radius 1 is 1.47 bits per heavy atom. The fourth-order valence-electron chi connectivity index (χ4n) is 2.29. The van der Waals surface area contributed by atoms with Gasteiger partial charge in [0.15, 0.2) is 5.82 Å². The van der Waals surface area contributed by atoms with E-state index in [2.05, 4.69) is 23.8 Å². The molecule has 1 fully saturated rings. The smallest absolute Gasteiger partial charge is 0.415 e. The van der Waals surface area contributed by atoms with Gasteiger partial charge in [-0.1, -0.05) is 13.8 Å². The summed E-state index contributed by atoms with van der Waals surface area (Å²) in [5.74, 6) is 1.67. The number of thiophene rings is 1. The number of amides is 1. The molecule has 1 amide bonds. The summed E-state index contributed by atoms with van der Waals surface area (Å²) in [4.78, 5) is 22.5. The van der Waals surface area contributed by atoms with E-state index in [1.807, 2.05) is 18.4 Å². The highest BCUT2D eigenvalue weighted by molar-refractivity contribution is 7.17. The summed E-state index contributed by atoms with van der Waals surface area (Å²) in [6.45, 7) is 6.43. The first-order chi connectivity index (χ1) is 9.08. The summed E-state index contributed by atoms with van der Waals surface area (Å²) in [5.41, 5.74) is 0.884. The third-order valence-electron chi connectivity index (χ3n) is 3.30. The molecular weight excluding hydrogens is 262 g/mol. The van der Waals surface area contributed by atoms with Crippen molar-refractivity contribution >= 4 is 33.5 Å².